The molecule has 0 fully saturated rings. The highest BCUT2D eigenvalue weighted by molar-refractivity contribution is 7.09. The minimum atomic E-state index is -0.541. The summed E-state index contributed by atoms with van der Waals surface area (Å²) in [6.45, 7) is 2.19. The number of nitrogens with one attached hydrogen (secondary N) is 1. The van der Waals surface area contributed by atoms with Crippen LogP contribution >= 0.6 is 11.3 Å². The van der Waals surface area contributed by atoms with Gasteiger partial charge in [-0.15, -0.1) is 11.3 Å². The molecule has 0 radical (unpaired) electrons. The Morgan fingerprint density at radius 3 is 2.95 bits per heavy atom. The molecule has 0 aliphatic carbocycles. The molecule has 0 bridgehead atoms. The van der Waals surface area contributed by atoms with Crippen LogP contribution in [0.5, 0.6) is 5.88 Å². The van der Waals surface area contributed by atoms with Crippen LogP contribution in [0.4, 0.5) is 11.5 Å². The molecule has 0 aliphatic rings. The van der Waals surface area contributed by atoms with E-state index in [1.165, 1.54) is 23.5 Å². The van der Waals surface area contributed by atoms with E-state index in [1.807, 2.05) is 6.92 Å². The predicted molar refractivity (Wildman–Crippen MR) is 74.8 cm³/mol. The number of aryl methyl sites for hydroxylation is 1. The standard InChI is InChI=1S/C11H13N5O3S/c1-7-9(20-6-13-7)4-5-19-11-8(16(17)18)2-3-10(14-11)15-12/h2-3,6H,4-5,12H2,1H3,(H,14,15). The van der Waals surface area contributed by atoms with Crippen molar-refractivity contribution in [3.8, 4) is 5.88 Å². The number of nitrogens with two attached hydrogens (primary N) is 1. The maximum absolute atomic E-state index is 10.9. The van der Waals surface area contributed by atoms with Crippen LogP contribution in [0.2, 0.25) is 0 Å². The summed E-state index contributed by atoms with van der Waals surface area (Å²) in [4.78, 5) is 19.5. The van der Waals surface area contributed by atoms with Gasteiger partial charge in [-0.2, -0.15) is 4.98 Å². The van der Waals surface area contributed by atoms with Crippen molar-refractivity contribution in [3.63, 3.8) is 0 Å². The monoisotopic (exact) mass is 295 g/mol. The van der Waals surface area contributed by atoms with E-state index >= 15 is 0 Å². The fourth-order valence-electron chi connectivity index (χ4n) is 1.57. The van der Waals surface area contributed by atoms with Gasteiger partial charge in [-0.05, 0) is 13.0 Å². The molecule has 0 amide bonds. The molecular weight excluding hydrogens is 282 g/mol. The molecule has 0 unspecified atom stereocenters. The maximum Gasteiger partial charge on any atom is 0.331 e. The van der Waals surface area contributed by atoms with Crippen LogP contribution in [0.1, 0.15) is 10.6 Å². The van der Waals surface area contributed by atoms with Crippen molar-refractivity contribution in [3.05, 3.63) is 38.3 Å². The molecular formula is C11H13N5O3S. The van der Waals surface area contributed by atoms with Crippen LogP contribution in [0, 0.1) is 17.0 Å². The average molecular weight is 295 g/mol. The lowest BCUT2D eigenvalue weighted by molar-refractivity contribution is -0.386. The van der Waals surface area contributed by atoms with Crippen molar-refractivity contribution in [1.82, 2.24) is 9.97 Å². The second-order valence-electron chi connectivity index (χ2n) is 3.88. The molecule has 3 N–H and O–H groups in total. The Balaban J connectivity index is 2.07. The summed E-state index contributed by atoms with van der Waals surface area (Å²) in [6.07, 6.45) is 0.621. The van der Waals surface area contributed by atoms with Crippen LogP contribution in [0.25, 0.3) is 0 Å². The molecule has 2 rings (SSSR count). The van der Waals surface area contributed by atoms with Crippen molar-refractivity contribution in [2.45, 2.75) is 13.3 Å². The highest BCUT2D eigenvalue weighted by Gasteiger charge is 2.17. The van der Waals surface area contributed by atoms with Crippen LogP contribution < -0.4 is 16.0 Å². The number of ether oxygens (including phenoxy) is 1. The van der Waals surface area contributed by atoms with E-state index in [0.717, 1.165) is 10.6 Å². The summed E-state index contributed by atoms with van der Waals surface area (Å²) >= 11 is 1.53. The number of anilines is 1. The van der Waals surface area contributed by atoms with Gasteiger partial charge < -0.3 is 10.2 Å². The molecule has 0 spiro atoms. The second kappa shape index (κ2) is 6.26. The van der Waals surface area contributed by atoms with Crippen molar-refractivity contribution >= 4 is 22.8 Å². The lowest BCUT2D eigenvalue weighted by Crippen LogP contribution is -2.11. The van der Waals surface area contributed by atoms with Crippen molar-refractivity contribution in [1.29, 1.82) is 0 Å². The lowest BCUT2D eigenvalue weighted by Gasteiger charge is -2.07. The van der Waals surface area contributed by atoms with E-state index in [2.05, 4.69) is 15.4 Å². The zero-order valence-electron chi connectivity index (χ0n) is 10.7. The van der Waals surface area contributed by atoms with Gasteiger partial charge in [0, 0.05) is 17.4 Å². The minimum absolute atomic E-state index is 0.0485. The number of nitro groups is 1. The largest absolute Gasteiger partial charge is 0.472 e. The third kappa shape index (κ3) is 3.19. The van der Waals surface area contributed by atoms with E-state index in [-0.39, 0.29) is 18.2 Å². The van der Waals surface area contributed by atoms with E-state index in [9.17, 15) is 10.1 Å². The molecule has 20 heavy (non-hydrogen) atoms. The van der Waals surface area contributed by atoms with Gasteiger partial charge in [-0.25, -0.2) is 10.8 Å². The molecule has 106 valence electrons. The molecule has 0 atom stereocenters. The van der Waals surface area contributed by atoms with E-state index < -0.39 is 4.92 Å². The zero-order valence-corrected chi connectivity index (χ0v) is 11.5. The number of pyridine rings is 1. The first-order chi connectivity index (χ1) is 9.61. The highest BCUT2D eigenvalue weighted by Crippen LogP contribution is 2.26. The van der Waals surface area contributed by atoms with Crippen LogP contribution in [-0.4, -0.2) is 21.5 Å². The Labute approximate surface area is 118 Å². The van der Waals surface area contributed by atoms with Crippen molar-refractivity contribution in [2.24, 2.45) is 5.84 Å². The van der Waals surface area contributed by atoms with Crippen LogP contribution in [0.3, 0.4) is 0 Å². The molecule has 0 saturated carbocycles. The first-order valence-electron chi connectivity index (χ1n) is 5.75. The number of nitrogens with zero attached hydrogens (tertiary/aromatic N) is 3. The quantitative estimate of drug-likeness (QED) is 0.473. The van der Waals surface area contributed by atoms with Gasteiger partial charge in [0.25, 0.3) is 5.88 Å². The Hall–Kier alpha value is -2.26. The molecule has 0 aromatic carbocycles. The number of hydrogen-bond acceptors (Lipinski definition) is 8. The number of aromatic nitrogens is 2. The predicted octanol–water partition coefficient (Wildman–Crippen LogP) is 1.66. The van der Waals surface area contributed by atoms with Crippen LogP contribution in [-0.2, 0) is 6.42 Å². The Bertz CT molecular complexity index is 616. The zero-order chi connectivity index (χ0) is 14.5. The Morgan fingerprint density at radius 2 is 2.35 bits per heavy atom. The fourth-order valence-corrected chi connectivity index (χ4v) is 2.33. The number of hydrazine groups is 1. The molecule has 2 aromatic rings. The smallest absolute Gasteiger partial charge is 0.331 e. The summed E-state index contributed by atoms with van der Waals surface area (Å²) in [5.41, 5.74) is 4.83. The number of thiazole rings is 1. The van der Waals surface area contributed by atoms with Gasteiger partial charge in [0.05, 0.1) is 22.7 Å². The third-order valence-corrected chi connectivity index (χ3v) is 3.59. The lowest BCUT2D eigenvalue weighted by atomic mass is 10.3. The first kappa shape index (κ1) is 14.2. The van der Waals surface area contributed by atoms with E-state index in [4.69, 9.17) is 10.6 Å². The number of nitrogen functional groups attached to an aromatic ring is 1. The third-order valence-electron chi connectivity index (χ3n) is 2.60. The normalized spacial score (nSPS) is 10.3. The Morgan fingerprint density at radius 1 is 1.55 bits per heavy atom. The van der Waals surface area contributed by atoms with E-state index in [0.29, 0.717) is 12.2 Å². The van der Waals surface area contributed by atoms with Crippen LogP contribution in [0.15, 0.2) is 17.6 Å². The summed E-state index contributed by atoms with van der Waals surface area (Å²) in [7, 11) is 0. The minimum Gasteiger partial charge on any atom is -0.472 e. The molecule has 2 aromatic heterocycles. The molecule has 8 nitrogen and oxygen atoms in total. The summed E-state index contributed by atoms with van der Waals surface area (Å²) in [5, 5.41) is 10.9. The summed E-state index contributed by atoms with van der Waals surface area (Å²) in [6, 6.07) is 2.72. The first-order valence-corrected chi connectivity index (χ1v) is 6.63. The average Bonchev–Trinajstić information content (AvgIpc) is 2.84. The van der Waals surface area contributed by atoms with Gasteiger partial charge >= 0.3 is 5.69 Å². The number of hydrogen-bond donors (Lipinski definition) is 2. The number of rotatable bonds is 6. The molecule has 0 saturated heterocycles. The Kier molecular flexibility index (Phi) is 4.43. The van der Waals surface area contributed by atoms with E-state index in [1.54, 1.807) is 5.51 Å². The van der Waals surface area contributed by atoms with Gasteiger partial charge in [-0.1, -0.05) is 0 Å². The molecule has 2 heterocycles. The van der Waals surface area contributed by atoms with Gasteiger partial charge in [0.1, 0.15) is 5.82 Å². The van der Waals surface area contributed by atoms with Gasteiger partial charge in [-0.3, -0.25) is 10.1 Å². The SMILES string of the molecule is Cc1ncsc1CCOc1nc(NN)ccc1[N+](=O)[O-]. The summed E-state index contributed by atoms with van der Waals surface area (Å²) in [5.74, 6) is 5.48. The molecule has 9 heteroatoms. The van der Waals surface area contributed by atoms with Crippen molar-refractivity contribution < 1.29 is 9.66 Å². The van der Waals surface area contributed by atoms with Gasteiger partial charge in [0.2, 0.25) is 0 Å². The second-order valence-corrected chi connectivity index (χ2v) is 4.82. The maximum atomic E-state index is 10.9. The summed E-state index contributed by atoms with van der Waals surface area (Å²) < 4.78 is 5.40. The molecule has 0 aliphatic heterocycles. The fraction of sp³-hybridized carbons (Fsp3) is 0.273. The van der Waals surface area contributed by atoms with Crippen molar-refractivity contribution in [2.75, 3.05) is 12.0 Å². The highest BCUT2D eigenvalue weighted by atomic mass is 32.1. The topological polar surface area (TPSA) is 116 Å². The van der Waals surface area contributed by atoms with Gasteiger partial charge in [0.15, 0.2) is 0 Å².